The van der Waals surface area contributed by atoms with E-state index in [4.69, 9.17) is 16.3 Å². The Kier molecular flexibility index (Phi) is 16.7. The predicted octanol–water partition coefficient (Wildman–Crippen LogP) is 4.32. The lowest BCUT2D eigenvalue weighted by Crippen LogP contribution is -2.36. The number of amides is 1. The van der Waals surface area contributed by atoms with Crippen molar-refractivity contribution < 1.29 is 34.8 Å². The molecule has 4 N–H and O–H groups in total. The van der Waals surface area contributed by atoms with Crippen LogP contribution in [0.2, 0.25) is 5.02 Å². The lowest BCUT2D eigenvalue weighted by molar-refractivity contribution is -0.757. The molecule has 1 amide bonds. The Balaban J connectivity index is 1.23. The van der Waals surface area contributed by atoms with Crippen molar-refractivity contribution in [2.75, 3.05) is 39.4 Å². The molecule has 1 aromatic carbocycles. The van der Waals surface area contributed by atoms with Crippen molar-refractivity contribution in [2.45, 2.75) is 82.5 Å². The third-order valence-corrected chi connectivity index (χ3v) is 8.91. The fraction of sp³-hybridized carbons (Fsp3) is 0.667. The summed E-state index contributed by atoms with van der Waals surface area (Å²) in [6.45, 7) is 3.88. The van der Waals surface area contributed by atoms with Crippen molar-refractivity contribution >= 4 is 17.5 Å². The zero-order valence-electron chi connectivity index (χ0n) is 26.1. The second-order valence-electron chi connectivity index (χ2n) is 12.1. The van der Waals surface area contributed by atoms with Gasteiger partial charge in [0, 0.05) is 30.3 Å². The molecule has 0 unspecified atom stereocenters. The lowest BCUT2D eigenvalue weighted by Gasteiger charge is -2.32. The van der Waals surface area contributed by atoms with Gasteiger partial charge in [0.15, 0.2) is 0 Å². The van der Waals surface area contributed by atoms with Gasteiger partial charge in [0.1, 0.15) is 18.5 Å². The summed E-state index contributed by atoms with van der Waals surface area (Å²) in [5.41, 5.74) is 0. The Labute approximate surface area is 271 Å². The lowest BCUT2D eigenvalue weighted by atomic mass is 9.89. The summed E-state index contributed by atoms with van der Waals surface area (Å²) in [6, 6.07) is 6.94. The summed E-state index contributed by atoms with van der Waals surface area (Å²) in [5.74, 6) is 0.790. The molecule has 2 aliphatic rings. The third-order valence-electron chi connectivity index (χ3n) is 8.67. The fourth-order valence-electron chi connectivity index (χ4n) is 6.14. The van der Waals surface area contributed by atoms with Crippen LogP contribution in [0.1, 0.15) is 64.2 Å². The number of likely N-dealkylation sites (tertiary alicyclic amines) is 1. The van der Waals surface area contributed by atoms with Gasteiger partial charge >= 0.3 is 0 Å². The third kappa shape index (κ3) is 14.5. The number of halogens is 1. The molecule has 1 saturated heterocycles. The first-order valence-electron chi connectivity index (χ1n) is 16.2. The molecule has 12 heteroatoms. The molecule has 1 aromatic rings. The van der Waals surface area contributed by atoms with Gasteiger partial charge in [0.25, 0.3) is 5.09 Å². The van der Waals surface area contributed by atoms with Crippen LogP contribution in [-0.2, 0) is 9.63 Å². The minimum Gasteiger partial charge on any atom is -0.491 e. The Morgan fingerprint density at radius 1 is 1.18 bits per heavy atom. The van der Waals surface area contributed by atoms with Crippen molar-refractivity contribution in [1.29, 1.82) is 0 Å². The van der Waals surface area contributed by atoms with Gasteiger partial charge in [-0.2, -0.15) is 0 Å². The second-order valence-corrected chi connectivity index (χ2v) is 12.6. The number of aliphatic hydroxyl groups excluding tert-OH is 3. The van der Waals surface area contributed by atoms with Gasteiger partial charge in [-0.05, 0) is 101 Å². The van der Waals surface area contributed by atoms with E-state index in [-0.39, 0.29) is 31.0 Å². The van der Waals surface area contributed by atoms with E-state index < -0.39 is 23.4 Å². The molecule has 1 aliphatic carbocycles. The minimum absolute atomic E-state index is 0.0496. The highest BCUT2D eigenvalue weighted by atomic mass is 35.5. The average Bonchev–Trinajstić information content (AvgIpc) is 3.28. The molecule has 252 valence electrons. The molecule has 1 heterocycles. The highest BCUT2D eigenvalue weighted by Gasteiger charge is 2.39. The molecule has 0 bridgehead atoms. The van der Waals surface area contributed by atoms with E-state index in [2.05, 4.69) is 15.1 Å². The number of aliphatic hydroxyl groups is 3. The molecule has 1 aliphatic heterocycles. The van der Waals surface area contributed by atoms with Gasteiger partial charge in [-0.15, -0.1) is 10.1 Å². The normalized spacial score (nSPS) is 23.5. The maximum atomic E-state index is 12.2. The molecular weight excluding hydrogens is 602 g/mol. The number of nitrogens with zero attached hydrogens (tertiary/aromatic N) is 2. The first kappa shape index (κ1) is 36.8. The number of hydrogen-bond donors (Lipinski definition) is 4. The molecule has 1 saturated carbocycles. The Bertz CT molecular complexity index is 1080. The number of rotatable bonds is 20. The average molecular weight is 652 g/mol. The van der Waals surface area contributed by atoms with E-state index in [1.807, 2.05) is 12.2 Å². The molecule has 3 rings (SSSR count). The van der Waals surface area contributed by atoms with Gasteiger partial charge in [-0.25, -0.2) is 0 Å². The van der Waals surface area contributed by atoms with E-state index in [1.54, 1.807) is 36.4 Å². The van der Waals surface area contributed by atoms with E-state index in [0.717, 1.165) is 64.6 Å². The molecule has 2 fully saturated rings. The summed E-state index contributed by atoms with van der Waals surface area (Å²) in [4.78, 5) is 29.3. The molecule has 45 heavy (non-hydrogen) atoms. The maximum absolute atomic E-state index is 12.2. The van der Waals surface area contributed by atoms with E-state index in [0.29, 0.717) is 42.5 Å². The number of benzene rings is 1. The smallest absolute Gasteiger partial charge is 0.294 e. The molecule has 0 aromatic heterocycles. The summed E-state index contributed by atoms with van der Waals surface area (Å²) < 4.78 is 5.58. The quantitative estimate of drug-likeness (QED) is 0.0698. The van der Waals surface area contributed by atoms with Gasteiger partial charge in [0.05, 0.1) is 18.8 Å². The van der Waals surface area contributed by atoms with Crippen molar-refractivity contribution in [3.8, 4) is 5.75 Å². The Morgan fingerprint density at radius 2 is 1.98 bits per heavy atom. The number of carbonyl (C=O) groups excluding carboxylic acids is 1. The number of allylic oxidation sites excluding steroid dienone is 2. The number of unbranched alkanes of at least 4 members (excludes halogenated alkanes) is 1. The monoisotopic (exact) mass is 651 g/mol. The zero-order valence-corrected chi connectivity index (χ0v) is 26.8. The number of piperidine rings is 1. The fourth-order valence-corrected chi connectivity index (χ4v) is 6.32. The van der Waals surface area contributed by atoms with Crippen LogP contribution < -0.4 is 10.1 Å². The van der Waals surface area contributed by atoms with Crippen LogP contribution in [0.5, 0.6) is 5.75 Å². The number of nitrogens with one attached hydrogen (secondary N) is 1. The van der Waals surface area contributed by atoms with Crippen molar-refractivity contribution in [3.05, 3.63) is 63.7 Å². The molecule has 0 spiro atoms. The largest absolute Gasteiger partial charge is 0.491 e. The first-order valence-corrected chi connectivity index (χ1v) is 16.6. The summed E-state index contributed by atoms with van der Waals surface area (Å²) in [5, 5.41) is 44.3. The van der Waals surface area contributed by atoms with Crippen LogP contribution >= 0.6 is 11.6 Å². The van der Waals surface area contributed by atoms with Crippen LogP contribution in [-0.4, -0.2) is 88.9 Å². The van der Waals surface area contributed by atoms with Crippen molar-refractivity contribution in [1.82, 2.24) is 10.2 Å². The topological polar surface area (TPSA) is 155 Å². The van der Waals surface area contributed by atoms with Gasteiger partial charge in [-0.1, -0.05) is 42.0 Å². The number of hydrogen-bond acceptors (Lipinski definition) is 9. The van der Waals surface area contributed by atoms with Crippen molar-refractivity contribution in [2.24, 2.45) is 17.8 Å². The molecule has 11 nitrogen and oxygen atoms in total. The molecule has 0 radical (unpaired) electrons. The number of carbonyl (C=O) groups is 1. The standard InChI is InChI=1S/C33H50ClN3O8/c34-26-9-5-10-28(22-26)44-24-27(38)13-14-30-29(31(39)23-32(30)40)11-3-1-2-4-12-33(41)35-17-7-18-36-19-15-25(16-20-36)8-6-21-45-37(42)43/h1,3,5,9-10,13-14,22,25,27,29-32,38-40H,2,4,6-8,11-12,15-21,23-24H2,(H,35,41)/t27-,29-,30-,31+,32-/m1/s1. The summed E-state index contributed by atoms with van der Waals surface area (Å²) >= 11 is 5.96. The summed E-state index contributed by atoms with van der Waals surface area (Å²) in [6.07, 6.45) is 12.9. The van der Waals surface area contributed by atoms with Crippen LogP contribution in [0, 0.1) is 27.9 Å². The minimum atomic E-state index is -0.864. The number of ether oxygens (including phenoxy) is 1. The van der Waals surface area contributed by atoms with Crippen molar-refractivity contribution in [3.63, 3.8) is 0 Å². The SMILES string of the molecule is O=C(CCCC=CC[C@@H]1[C@@H](C=C[C@@H](O)COc2cccc(Cl)c2)[C@H](O)C[C@@H]1O)NCCCN1CCC(CCCO[N+](=O)[O-])CC1. The second kappa shape index (κ2) is 20.4. The van der Waals surface area contributed by atoms with Crippen LogP contribution in [0.25, 0.3) is 0 Å². The highest BCUT2D eigenvalue weighted by Crippen LogP contribution is 2.36. The predicted molar refractivity (Wildman–Crippen MR) is 172 cm³/mol. The highest BCUT2D eigenvalue weighted by molar-refractivity contribution is 6.30. The van der Waals surface area contributed by atoms with Crippen LogP contribution in [0.15, 0.2) is 48.6 Å². The van der Waals surface area contributed by atoms with Gasteiger partial charge in [-0.3, -0.25) is 4.79 Å². The Morgan fingerprint density at radius 3 is 2.73 bits per heavy atom. The first-order chi connectivity index (χ1) is 21.7. The van der Waals surface area contributed by atoms with E-state index in [1.165, 1.54) is 0 Å². The molecule has 5 atom stereocenters. The summed E-state index contributed by atoms with van der Waals surface area (Å²) in [7, 11) is 0. The maximum Gasteiger partial charge on any atom is 0.294 e. The Hall–Kier alpha value is -2.70. The van der Waals surface area contributed by atoms with E-state index >= 15 is 0 Å². The van der Waals surface area contributed by atoms with Crippen LogP contribution in [0.4, 0.5) is 0 Å². The van der Waals surface area contributed by atoms with Crippen LogP contribution in [0.3, 0.4) is 0 Å². The zero-order chi connectivity index (χ0) is 32.4. The van der Waals surface area contributed by atoms with E-state index in [9.17, 15) is 30.2 Å². The van der Waals surface area contributed by atoms with Gasteiger partial charge in [0.2, 0.25) is 5.91 Å². The van der Waals surface area contributed by atoms with Gasteiger partial charge < -0.3 is 35.1 Å². The molecular formula is C33H50ClN3O8.